The first kappa shape index (κ1) is 17.4. The second-order valence-corrected chi connectivity index (χ2v) is 7.74. The van der Waals surface area contributed by atoms with Crippen LogP contribution in [-0.4, -0.2) is 29.8 Å². The number of benzene rings is 2. The monoisotopic (exact) mass is 498 g/mol. The first-order valence-electron chi connectivity index (χ1n) is 7.70. The standard InChI is InChI=1S/C18H16BrIN2O2/c19-13-6-7-16(20)15(11-13)17(23)21-14-5-3-4-12(10-14)18(24)22-8-1-2-9-22/h3-7,10-11H,1-2,8-9H2,(H,21,23). The number of carbonyl (C=O) groups is 2. The molecule has 3 rings (SSSR count). The highest BCUT2D eigenvalue weighted by atomic mass is 127. The highest BCUT2D eigenvalue weighted by Crippen LogP contribution is 2.21. The summed E-state index contributed by atoms with van der Waals surface area (Å²) in [5, 5.41) is 2.88. The highest BCUT2D eigenvalue weighted by molar-refractivity contribution is 14.1. The van der Waals surface area contributed by atoms with Crippen molar-refractivity contribution < 1.29 is 9.59 Å². The summed E-state index contributed by atoms with van der Waals surface area (Å²) in [4.78, 5) is 26.8. The van der Waals surface area contributed by atoms with Crippen molar-refractivity contribution in [2.45, 2.75) is 12.8 Å². The van der Waals surface area contributed by atoms with Gasteiger partial charge in [0.1, 0.15) is 0 Å². The Morgan fingerprint density at radius 2 is 1.83 bits per heavy atom. The van der Waals surface area contributed by atoms with E-state index in [1.54, 1.807) is 30.3 Å². The zero-order valence-corrected chi connectivity index (χ0v) is 16.6. The van der Waals surface area contributed by atoms with Gasteiger partial charge in [0.15, 0.2) is 0 Å². The van der Waals surface area contributed by atoms with E-state index < -0.39 is 0 Å². The van der Waals surface area contributed by atoms with Crippen LogP contribution in [0.1, 0.15) is 33.6 Å². The Balaban J connectivity index is 1.78. The normalized spacial score (nSPS) is 13.8. The van der Waals surface area contributed by atoms with E-state index in [1.165, 1.54) is 0 Å². The van der Waals surface area contributed by atoms with Crippen molar-refractivity contribution >= 4 is 56.0 Å². The summed E-state index contributed by atoms with van der Waals surface area (Å²) >= 11 is 5.52. The van der Waals surface area contributed by atoms with Crippen molar-refractivity contribution in [3.05, 3.63) is 61.6 Å². The van der Waals surface area contributed by atoms with Crippen molar-refractivity contribution in [3.63, 3.8) is 0 Å². The number of rotatable bonds is 3. The molecule has 124 valence electrons. The van der Waals surface area contributed by atoms with Crippen LogP contribution in [0.2, 0.25) is 0 Å². The summed E-state index contributed by atoms with van der Waals surface area (Å²) in [6.45, 7) is 1.62. The van der Waals surface area contributed by atoms with Crippen molar-refractivity contribution in [1.82, 2.24) is 4.90 Å². The van der Waals surface area contributed by atoms with Gasteiger partial charge in [-0.1, -0.05) is 22.0 Å². The molecule has 2 aromatic carbocycles. The maximum atomic E-state index is 12.5. The van der Waals surface area contributed by atoms with Crippen LogP contribution in [0, 0.1) is 3.57 Å². The minimum atomic E-state index is -0.188. The van der Waals surface area contributed by atoms with Gasteiger partial charge in [-0.25, -0.2) is 0 Å². The van der Waals surface area contributed by atoms with Gasteiger partial charge >= 0.3 is 0 Å². The second-order valence-electron chi connectivity index (χ2n) is 5.66. The van der Waals surface area contributed by atoms with E-state index in [0.717, 1.165) is 34.0 Å². The van der Waals surface area contributed by atoms with Gasteiger partial charge in [0.05, 0.1) is 5.56 Å². The van der Waals surface area contributed by atoms with E-state index in [1.807, 2.05) is 17.0 Å². The molecule has 24 heavy (non-hydrogen) atoms. The van der Waals surface area contributed by atoms with Crippen molar-refractivity contribution in [2.75, 3.05) is 18.4 Å². The third-order valence-electron chi connectivity index (χ3n) is 3.93. The Hall–Kier alpha value is -1.41. The lowest BCUT2D eigenvalue weighted by Gasteiger charge is -2.16. The molecule has 1 saturated heterocycles. The van der Waals surface area contributed by atoms with Crippen molar-refractivity contribution in [1.29, 1.82) is 0 Å². The van der Waals surface area contributed by atoms with Crippen LogP contribution in [0.15, 0.2) is 46.9 Å². The Morgan fingerprint density at radius 3 is 2.58 bits per heavy atom. The molecule has 0 unspecified atom stereocenters. The van der Waals surface area contributed by atoms with Gasteiger partial charge in [-0.2, -0.15) is 0 Å². The van der Waals surface area contributed by atoms with Gasteiger partial charge < -0.3 is 10.2 Å². The van der Waals surface area contributed by atoms with Gasteiger partial charge in [-0.3, -0.25) is 9.59 Å². The third kappa shape index (κ3) is 3.97. The van der Waals surface area contributed by atoms with Crippen LogP contribution in [0.3, 0.4) is 0 Å². The summed E-state index contributed by atoms with van der Waals surface area (Å²) in [6.07, 6.45) is 2.12. The minimum Gasteiger partial charge on any atom is -0.339 e. The molecule has 0 spiro atoms. The van der Waals surface area contributed by atoms with Gasteiger partial charge in [-0.05, 0) is 71.8 Å². The molecule has 2 amide bonds. The lowest BCUT2D eigenvalue weighted by Crippen LogP contribution is -2.27. The predicted octanol–water partition coefficient (Wildman–Crippen LogP) is 4.54. The number of nitrogens with zero attached hydrogens (tertiary/aromatic N) is 1. The topological polar surface area (TPSA) is 49.4 Å². The molecule has 0 aromatic heterocycles. The smallest absolute Gasteiger partial charge is 0.256 e. The highest BCUT2D eigenvalue weighted by Gasteiger charge is 2.20. The molecular formula is C18H16BrIN2O2. The molecular weight excluding hydrogens is 483 g/mol. The van der Waals surface area contributed by atoms with E-state index in [-0.39, 0.29) is 11.8 Å². The fraction of sp³-hybridized carbons (Fsp3) is 0.222. The van der Waals surface area contributed by atoms with Gasteiger partial charge in [0.2, 0.25) is 0 Å². The fourth-order valence-corrected chi connectivity index (χ4v) is 3.64. The average molecular weight is 499 g/mol. The number of anilines is 1. The maximum Gasteiger partial charge on any atom is 0.256 e. The molecule has 0 radical (unpaired) electrons. The molecule has 2 aromatic rings. The number of likely N-dealkylation sites (tertiary alicyclic amines) is 1. The Labute approximate surface area is 162 Å². The van der Waals surface area contributed by atoms with Crippen molar-refractivity contribution in [3.8, 4) is 0 Å². The van der Waals surface area contributed by atoms with Crippen LogP contribution in [0.5, 0.6) is 0 Å². The third-order valence-corrected chi connectivity index (χ3v) is 5.37. The van der Waals surface area contributed by atoms with Crippen LogP contribution in [-0.2, 0) is 0 Å². The summed E-state index contributed by atoms with van der Waals surface area (Å²) in [5.41, 5.74) is 1.83. The zero-order valence-electron chi connectivity index (χ0n) is 12.9. The number of hydrogen-bond acceptors (Lipinski definition) is 2. The van der Waals surface area contributed by atoms with Gasteiger partial charge in [-0.15, -0.1) is 0 Å². The van der Waals surface area contributed by atoms with E-state index >= 15 is 0 Å². The first-order chi connectivity index (χ1) is 11.5. The SMILES string of the molecule is O=C(Nc1cccc(C(=O)N2CCCC2)c1)c1cc(Br)ccc1I. The van der Waals surface area contributed by atoms with Crippen LogP contribution in [0.4, 0.5) is 5.69 Å². The molecule has 0 saturated carbocycles. The lowest BCUT2D eigenvalue weighted by molar-refractivity contribution is 0.0792. The molecule has 0 bridgehead atoms. The van der Waals surface area contributed by atoms with E-state index in [9.17, 15) is 9.59 Å². The Kier molecular flexibility index (Phi) is 5.55. The number of amides is 2. The first-order valence-corrected chi connectivity index (χ1v) is 9.57. The molecule has 1 heterocycles. The number of hydrogen-bond donors (Lipinski definition) is 1. The maximum absolute atomic E-state index is 12.5. The van der Waals surface area contributed by atoms with Crippen LogP contribution < -0.4 is 5.32 Å². The quantitative estimate of drug-likeness (QED) is 0.631. The molecule has 4 nitrogen and oxygen atoms in total. The molecule has 1 aliphatic rings. The molecule has 0 aliphatic carbocycles. The Morgan fingerprint density at radius 1 is 1.08 bits per heavy atom. The molecule has 1 aliphatic heterocycles. The van der Waals surface area contributed by atoms with Gasteiger partial charge in [0.25, 0.3) is 11.8 Å². The molecule has 1 N–H and O–H groups in total. The van der Waals surface area contributed by atoms with Crippen LogP contribution in [0.25, 0.3) is 0 Å². The number of carbonyl (C=O) groups excluding carboxylic acids is 2. The largest absolute Gasteiger partial charge is 0.339 e. The van der Waals surface area contributed by atoms with Crippen molar-refractivity contribution in [2.24, 2.45) is 0 Å². The van der Waals surface area contributed by atoms with E-state index in [0.29, 0.717) is 16.8 Å². The second kappa shape index (κ2) is 7.65. The van der Waals surface area contributed by atoms with Gasteiger partial charge in [0, 0.05) is 32.4 Å². The molecule has 0 atom stereocenters. The number of halogens is 2. The molecule has 6 heteroatoms. The average Bonchev–Trinajstić information content (AvgIpc) is 3.11. The minimum absolute atomic E-state index is 0.0284. The summed E-state index contributed by atoms with van der Waals surface area (Å²) in [6, 6.07) is 12.7. The Bertz CT molecular complexity index is 788. The van der Waals surface area contributed by atoms with E-state index in [2.05, 4.69) is 43.8 Å². The fourth-order valence-electron chi connectivity index (χ4n) is 2.70. The van der Waals surface area contributed by atoms with E-state index in [4.69, 9.17) is 0 Å². The zero-order chi connectivity index (χ0) is 17.1. The van der Waals surface area contributed by atoms with Crippen LogP contribution >= 0.6 is 38.5 Å². The summed E-state index contributed by atoms with van der Waals surface area (Å²) in [5.74, 6) is -0.160. The summed E-state index contributed by atoms with van der Waals surface area (Å²) in [7, 11) is 0. The summed E-state index contributed by atoms with van der Waals surface area (Å²) < 4.78 is 1.73. The number of nitrogens with one attached hydrogen (secondary N) is 1. The molecule has 1 fully saturated rings. The predicted molar refractivity (Wildman–Crippen MR) is 106 cm³/mol. The lowest BCUT2D eigenvalue weighted by atomic mass is 10.1.